The predicted molar refractivity (Wildman–Crippen MR) is 76.4 cm³/mol. The van der Waals surface area contributed by atoms with Crippen LogP contribution < -0.4 is 11.1 Å². The molecular formula is C15H16N2O2. The number of hydrogen-bond donors (Lipinski definition) is 3. The molecule has 0 spiro atoms. The molecule has 0 atom stereocenters. The number of anilines is 2. The molecule has 4 nitrogen and oxygen atoms in total. The summed E-state index contributed by atoms with van der Waals surface area (Å²) in [5, 5.41) is 12.1. The van der Waals surface area contributed by atoms with E-state index in [0.29, 0.717) is 16.9 Å². The molecule has 0 aliphatic carbocycles. The summed E-state index contributed by atoms with van der Waals surface area (Å²) in [6, 6.07) is 10.1. The van der Waals surface area contributed by atoms with Crippen molar-refractivity contribution in [2.45, 2.75) is 13.8 Å². The van der Waals surface area contributed by atoms with Gasteiger partial charge < -0.3 is 16.2 Å². The van der Waals surface area contributed by atoms with Crippen molar-refractivity contribution in [1.82, 2.24) is 0 Å². The fourth-order valence-electron chi connectivity index (χ4n) is 1.84. The molecular weight excluding hydrogens is 240 g/mol. The number of nitrogen functional groups attached to an aromatic ring is 1. The van der Waals surface area contributed by atoms with Gasteiger partial charge in [0, 0.05) is 11.4 Å². The van der Waals surface area contributed by atoms with Crippen molar-refractivity contribution in [3.8, 4) is 5.75 Å². The summed E-state index contributed by atoms with van der Waals surface area (Å²) in [5.41, 5.74) is 9.12. The Hall–Kier alpha value is -2.49. The molecule has 2 rings (SSSR count). The van der Waals surface area contributed by atoms with E-state index < -0.39 is 0 Å². The third kappa shape index (κ3) is 2.85. The average molecular weight is 256 g/mol. The summed E-state index contributed by atoms with van der Waals surface area (Å²) in [4.78, 5) is 12.2. The summed E-state index contributed by atoms with van der Waals surface area (Å²) in [7, 11) is 0. The van der Waals surface area contributed by atoms with Gasteiger partial charge in [-0.15, -0.1) is 0 Å². The molecule has 0 heterocycles. The van der Waals surface area contributed by atoms with Gasteiger partial charge >= 0.3 is 0 Å². The van der Waals surface area contributed by atoms with E-state index in [1.54, 1.807) is 24.3 Å². The zero-order valence-corrected chi connectivity index (χ0v) is 10.9. The number of rotatable bonds is 2. The minimum Gasteiger partial charge on any atom is -0.508 e. The number of phenolic OH excluding ortho intramolecular Hbond substituents is 1. The third-order valence-corrected chi connectivity index (χ3v) is 2.91. The first-order valence-corrected chi connectivity index (χ1v) is 5.94. The Morgan fingerprint density at radius 1 is 1.16 bits per heavy atom. The fourth-order valence-corrected chi connectivity index (χ4v) is 1.84. The summed E-state index contributed by atoms with van der Waals surface area (Å²) in [5.74, 6) is -0.0828. The zero-order chi connectivity index (χ0) is 14.0. The molecule has 19 heavy (non-hydrogen) atoms. The molecule has 2 aromatic rings. The molecule has 0 saturated carbocycles. The van der Waals surface area contributed by atoms with Crippen LogP contribution >= 0.6 is 0 Å². The van der Waals surface area contributed by atoms with Crippen LogP contribution in [0.3, 0.4) is 0 Å². The lowest BCUT2D eigenvalue weighted by atomic mass is 10.1. The molecule has 0 radical (unpaired) electrons. The highest BCUT2D eigenvalue weighted by molar-refractivity contribution is 6.08. The van der Waals surface area contributed by atoms with Crippen LogP contribution in [0.2, 0.25) is 0 Å². The van der Waals surface area contributed by atoms with Crippen LogP contribution in [0.5, 0.6) is 5.75 Å². The highest BCUT2D eigenvalue weighted by Gasteiger charge is 2.11. The van der Waals surface area contributed by atoms with E-state index in [4.69, 9.17) is 5.73 Å². The first-order chi connectivity index (χ1) is 8.97. The van der Waals surface area contributed by atoms with Gasteiger partial charge in [0.05, 0.1) is 5.56 Å². The number of nitrogens with two attached hydrogens (primary N) is 1. The van der Waals surface area contributed by atoms with Crippen LogP contribution in [0, 0.1) is 13.8 Å². The van der Waals surface area contributed by atoms with Crippen LogP contribution in [0.4, 0.5) is 11.4 Å². The van der Waals surface area contributed by atoms with Gasteiger partial charge in [0.1, 0.15) is 5.75 Å². The van der Waals surface area contributed by atoms with Crippen molar-refractivity contribution in [1.29, 1.82) is 0 Å². The second-order valence-electron chi connectivity index (χ2n) is 4.54. The number of carbonyl (C=O) groups is 1. The zero-order valence-electron chi connectivity index (χ0n) is 10.9. The van der Waals surface area contributed by atoms with Gasteiger partial charge in [-0.05, 0) is 49.7 Å². The highest BCUT2D eigenvalue weighted by atomic mass is 16.3. The Kier molecular flexibility index (Phi) is 3.42. The van der Waals surface area contributed by atoms with E-state index >= 15 is 0 Å². The molecule has 2 aromatic carbocycles. The molecule has 98 valence electrons. The average Bonchev–Trinajstić information content (AvgIpc) is 2.35. The molecule has 4 N–H and O–H groups in total. The summed E-state index contributed by atoms with van der Waals surface area (Å²) >= 11 is 0. The molecule has 0 aliphatic heterocycles. The van der Waals surface area contributed by atoms with E-state index in [2.05, 4.69) is 5.32 Å². The summed E-state index contributed by atoms with van der Waals surface area (Å²) < 4.78 is 0. The van der Waals surface area contributed by atoms with Crippen LogP contribution in [0.1, 0.15) is 21.5 Å². The first-order valence-electron chi connectivity index (χ1n) is 5.94. The molecule has 1 amide bonds. The van der Waals surface area contributed by atoms with Crippen LogP contribution in [0.15, 0.2) is 36.4 Å². The standard InChI is InChI=1S/C15H16N2O2/c1-9-3-5-13(16)12(7-9)15(19)17-14-6-4-11(18)8-10(14)2/h3-8,18H,16H2,1-2H3,(H,17,19). The maximum Gasteiger partial charge on any atom is 0.257 e. The number of aryl methyl sites for hydroxylation is 2. The lowest BCUT2D eigenvalue weighted by Crippen LogP contribution is -2.14. The van der Waals surface area contributed by atoms with Crippen LogP contribution in [-0.2, 0) is 0 Å². The van der Waals surface area contributed by atoms with Gasteiger partial charge in [-0.25, -0.2) is 0 Å². The normalized spacial score (nSPS) is 10.2. The maximum absolute atomic E-state index is 12.2. The minimum absolute atomic E-state index is 0.172. The van der Waals surface area contributed by atoms with Gasteiger partial charge in [-0.1, -0.05) is 11.6 Å². The van der Waals surface area contributed by atoms with E-state index in [1.165, 1.54) is 6.07 Å². The fraction of sp³-hybridized carbons (Fsp3) is 0.133. The largest absolute Gasteiger partial charge is 0.508 e. The second-order valence-corrected chi connectivity index (χ2v) is 4.54. The van der Waals surface area contributed by atoms with Crippen molar-refractivity contribution in [2.75, 3.05) is 11.1 Å². The van der Waals surface area contributed by atoms with Gasteiger partial charge in [0.15, 0.2) is 0 Å². The van der Waals surface area contributed by atoms with Gasteiger partial charge in [-0.2, -0.15) is 0 Å². The Bertz CT molecular complexity index is 636. The number of hydrogen-bond acceptors (Lipinski definition) is 3. The van der Waals surface area contributed by atoms with Crippen LogP contribution in [-0.4, -0.2) is 11.0 Å². The maximum atomic E-state index is 12.2. The number of nitrogens with one attached hydrogen (secondary N) is 1. The van der Waals surface area contributed by atoms with Crippen molar-refractivity contribution >= 4 is 17.3 Å². The molecule has 0 aliphatic rings. The topological polar surface area (TPSA) is 75.4 Å². The highest BCUT2D eigenvalue weighted by Crippen LogP contribution is 2.22. The lowest BCUT2D eigenvalue weighted by molar-refractivity contribution is 0.102. The van der Waals surface area contributed by atoms with E-state index in [0.717, 1.165) is 11.1 Å². The van der Waals surface area contributed by atoms with Gasteiger partial charge in [0.2, 0.25) is 0 Å². The van der Waals surface area contributed by atoms with E-state index in [1.807, 2.05) is 19.9 Å². The summed E-state index contributed by atoms with van der Waals surface area (Å²) in [6.45, 7) is 3.72. The molecule has 0 bridgehead atoms. The Balaban J connectivity index is 2.28. The molecule has 0 fully saturated rings. The van der Waals surface area contributed by atoms with Crippen molar-refractivity contribution in [2.24, 2.45) is 0 Å². The van der Waals surface area contributed by atoms with Crippen LogP contribution in [0.25, 0.3) is 0 Å². The SMILES string of the molecule is Cc1ccc(N)c(C(=O)Nc2ccc(O)cc2C)c1. The number of phenols is 1. The van der Waals surface area contributed by atoms with Crippen molar-refractivity contribution < 1.29 is 9.90 Å². The van der Waals surface area contributed by atoms with E-state index in [-0.39, 0.29) is 11.7 Å². The molecule has 0 saturated heterocycles. The number of aromatic hydroxyl groups is 1. The second kappa shape index (κ2) is 5.02. The van der Waals surface area contributed by atoms with Crippen molar-refractivity contribution in [3.05, 3.63) is 53.1 Å². The van der Waals surface area contributed by atoms with Gasteiger partial charge in [-0.3, -0.25) is 4.79 Å². The Morgan fingerprint density at radius 2 is 1.89 bits per heavy atom. The Morgan fingerprint density at radius 3 is 2.58 bits per heavy atom. The van der Waals surface area contributed by atoms with Crippen molar-refractivity contribution in [3.63, 3.8) is 0 Å². The number of carbonyl (C=O) groups excluding carboxylic acids is 1. The minimum atomic E-state index is -0.255. The third-order valence-electron chi connectivity index (χ3n) is 2.91. The predicted octanol–water partition coefficient (Wildman–Crippen LogP) is 2.84. The Labute approximate surface area is 111 Å². The lowest BCUT2D eigenvalue weighted by Gasteiger charge is -2.10. The molecule has 0 unspecified atom stereocenters. The summed E-state index contributed by atoms with van der Waals surface area (Å²) in [6.07, 6.45) is 0. The monoisotopic (exact) mass is 256 g/mol. The first kappa shape index (κ1) is 13.0. The number of amides is 1. The van der Waals surface area contributed by atoms with Gasteiger partial charge in [0.25, 0.3) is 5.91 Å². The molecule has 4 heteroatoms. The van der Waals surface area contributed by atoms with E-state index in [9.17, 15) is 9.90 Å². The quantitative estimate of drug-likeness (QED) is 0.571. The smallest absolute Gasteiger partial charge is 0.257 e. The molecule has 0 aromatic heterocycles. The number of benzene rings is 2.